The van der Waals surface area contributed by atoms with E-state index in [1.54, 1.807) is 19.4 Å². The summed E-state index contributed by atoms with van der Waals surface area (Å²) in [6.07, 6.45) is 6.69. The Morgan fingerprint density at radius 2 is 2.47 bits per heavy atom. The number of nitrogens with zero attached hydrogens (tertiary/aromatic N) is 1. The lowest BCUT2D eigenvalue weighted by Gasteiger charge is -2.08. The summed E-state index contributed by atoms with van der Waals surface area (Å²) in [6, 6.07) is 3.64. The van der Waals surface area contributed by atoms with Crippen molar-refractivity contribution in [2.24, 2.45) is 0 Å². The van der Waals surface area contributed by atoms with E-state index in [9.17, 15) is 4.79 Å². The largest absolute Gasteiger partial charge is 0.481 e. The number of carbonyl (C=O) groups is 1. The number of methoxy groups -OCH3 is 1. The predicted molar refractivity (Wildman–Crippen MR) is 64.3 cm³/mol. The molecule has 2 N–H and O–H groups in total. The Bertz CT molecular complexity index is 412. The molecule has 0 unspecified atom stereocenters. The lowest BCUT2D eigenvalue weighted by molar-refractivity contribution is -0.120. The molecule has 5 heteroatoms. The Balaban J connectivity index is 2.39. The van der Waals surface area contributed by atoms with Gasteiger partial charge in [-0.1, -0.05) is 12.0 Å². The topological polar surface area (TPSA) is 63.2 Å². The molecule has 1 rings (SSSR count). The normalized spacial score (nSPS) is 9.41. The minimum absolute atomic E-state index is 0.119. The molecule has 0 aromatic carbocycles. The molecule has 1 heterocycles. The van der Waals surface area contributed by atoms with Crippen LogP contribution in [0.4, 0.5) is 0 Å². The lowest BCUT2D eigenvalue weighted by atomic mass is 10.2. The van der Waals surface area contributed by atoms with Gasteiger partial charge in [0.25, 0.3) is 0 Å². The van der Waals surface area contributed by atoms with E-state index in [1.807, 2.05) is 6.07 Å². The van der Waals surface area contributed by atoms with Gasteiger partial charge in [0, 0.05) is 18.3 Å². The molecule has 17 heavy (non-hydrogen) atoms. The van der Waals surface area contributed by atoms with Crippen molar-refractivity contribution in [1.82, 2.24) is 15.6 Å². The van der Waals surface area contributed by atoms with Gasteiger partial charge in [-0.15, -0.1) is 6.42 Å². The Kier molecular flexibility index (Phi) is 5.55. The number of aromatic nitrogens is 1. The number of hydrogen-bond donors (Lipinski definition) is 2. The molecule has 0 aliphatic heterocycles. The molecule has 5 nitrogen and oxygen atoms in total. The number of ether oxygens (including phenoxy) is 1. The van der Waals surface area contributed by atoms with Crippen LogP contribution >= 0.6 is 0 Å². The van der Waals surface area contributed by atoms with Gasteiger partial charge in [0.1, 0.15) is 0 Å². The number of carbonyl (C=O) groups excluding carboxylic acids is 1. The monoisotopic (exact) mass is 233 g/mol. The summed E-state index contributed by atoms with van der Waals surface area (Å²) in [4.78, 5) is 15.4. The Morgan fingerprint density at radius 3 is 3.18 bits per heavy atom. The zero-order valence-electron chi connectivity index (χ0n) is 9.69. The van der Waals surface area contributed by atoms with Crippen LogP contribution in [0.3, 0.4) is 0 Å². The molecular formula is C12H15N3O2. The molecule has 0 saturated carbocycles. The van der Waals surface area contributed by atoms with E-state index in [1.165, 1.54) is 0 Å². The molecule has 0 aliphatic carbocycles. The van der Waals surface area contributed by atoms with Gasteiger partial charge in [0.2, 0.25) is 11.8 Å². The van der Waals surface area contributed by atoms with E-state index in [0.717, 1.165) is 5.56 Å². The lowest BCUT2D eigenvalue weighted by Crippen LogP contribution is -2.33. The maximum absolute atomic E-state index is 11.4. The van der Waals surface area contributed by atoms with E-state index in [4.69, 9.17) is 11.2 Å². The number of hydrogen-bond acceptors (Lipinski definition) is 4. The maximum atomic E-state index is 11.4. The van der Waals surface area contributed by atoms with Crippen LogP contribution in [0.5, 0.6) is 5.88 Å². The van der Waals surface area contributed by atoms with Crippen molar-refractivity contribution in [1.29, 1.82) is 0 Å². The van der Waals surface area contributed by atoms with Crippen LogP contribution in [0.25, 0.3) is 0 Å². The number of terminal acetylenes is 1. The van der Waals surface area contributed by atoms with Gasteiger partial charge in [0.15, 0.2) is 0 Å². The van der Waals surface area contributed by atoms with Crippen LogP contribution in [0.1, 0.15) is 5.56 Å². The number of pyridine rings is 1. The van der Waals surface area contributed by atoms with Gasteiger partial charge in [-0.25, -0.2) is 4.98 Å². The van der Waals surface area contributed by atoms with Crippen LogP contribution in [-0.4, -0.2) is 31.1 Å². The zero-order valence-corrected chi connectivity index (χ0v) is 9.69. The van der Waals surface area contributed by atoms with E-state index >= 15 is 0 Å². The van der Waals surface area contributed by atoms with E-state index in [-0.39, 0.29) is 12.5 Å². The smallest absolute Gasteiger partial charge is 0.234 e. The average molecular weight is 233 g/mol. The molecule has 1 amide bonds. The fourth-order valence-corrected chi connectivity index (χ4v) is 1.25. The maximum Gasteiger partial charge on any atom is 0.234 e. The Labute approximate surface area is 101 Å². The third-order valence-corrected chi connectivity index (χ3v) is 2.03. The second-order valence-corrected chi connectivity index (χ2v) is 3.26. The van der Waals surface area contributed by atoms with Crippen LogP contribution in [0.2, 0.25) is 0 Å². The predicted octanol–water partition coefficient (Wildman–Crippen LogP) is -0.0708. The first-order valence-electron chi connectivity index (χ1n) is 5.16. The van der Waals surface area contributed by atoms with Gasteiger partial charge >= 0.3 is 0 Å². The Morgan fingerprint density at radius 1 is 1.65 bits per heavy atom. The molecule has 0 saturated heterocycles. The average Bonchev–Trinajstić information content (AvgIpc) is 2.37. The first-order valence-corrected chi connectivity index (χ1v) is 5.16. The van der Waals surface area contributed by atoms with Crippen molar-refractivity contribution < 1.29 is 9.53 Å². The van der Waals surface area contributed by atoms with Gasteiger partial charge < -0.3 is 10.1 Å². The van der Waals surface area contributed by atoms with Crippen molar-refractivity contribution in [3.63, 3.8) is 0 Å². The molecule has 0 aliphatic rings. The van der Waals surface area contributed by atoms with Gasteiger partial charge in [-0.3, -0.25) is 10.1 Å². The number of nitrogens with one attached hydrogen (secondary N) is 2. The summed E-state index contributed by atoms with van der Waals surface area (Å²) < 4.78 is 5.07. The molecule has 0 radical (unpaired) electrons. The zero-order chi connectivity index (χ0) is 12.5. The highest BCUT2D eigenvalue weighted by Crippen LogP contribution is 2.12. The highest BCUT2D eigenvalue weighted by molar-refractivity contribution is 5.78. The molecular weight excluding hydrogens is 218 g/mol. The molecule has 0 fully saturated rings. The molecule has 90 valence electrons. The van der Waals surface area contributed by atoms with Crippen molar-refractivity contribution >= 4 is 5.91 Å². The van der Waals surface area contributed by atoms with Crippen LogP contribution < -0.4 is 15.4 Å². The first-order chi connectivity index (χ1) is 8.27. The second kappa shape index (κ2) is 7.25. The molecule has 0 spiro atoms. The van der Waals surface area contributed by atoms with Crippen molar-refractivity contribution in [2.45, 2.75) is 6.54 Å². The minimum Gasteiger partial charge on any atom is -0.481 e. The summed E-state index contributed by atoms with van der Waals surface area (Å²) in [5.74, 6) is 2.79. The highest BCUT2D eigenvalue weighted by atomic mass is 16.5. The van der Waals surface area contributed by atoms with Gasteiger partial charge in [-0.05, 0) is 6.07 Å². The van der Waals surface area contributed by atoms with Crippen LogP contribution in [0, 0.1) is 12.3 Å². The fourth-order valence-electron chi connectivity index (χ4n) is 1.25. The number of amides is 1. The van der Waals surface area contributed by atoms with Crippen LogP contribution in [-0.2, 0) is 11.3 Å². The van der Waals surface area contributed by atoms with E-state index in [2.05, 4.69) is 21.5 Å². The highest BCUT2D eigenvalue weighted by Gasteiger charge is 2.05. The summed E-state index contributed by atoms with van der Waals surface area (Å²) >= 11 is 0. The summed E-state index contributed by atoms with van der Waals surface area (Å²) in [7, 11) is 1.54. The molecule has 0 atom stereocenters. The number of rotatable bonds is 6. The standard InChI is InChI=1S/C12H15N3O2/c1-3-6-13-9-11(16)15-8-10-5-4-7-14-12(10)17-2/h1,4-5,7,13H,6,8-9H2,2H3,(H,15,16). The summed E-state index contributed by atoms with van der Waals surface area (Å²) in [6.45, 7) is 0.962. The summed E-state index contributed by atoms with van der Waals surface area (Å²) in [5, 5.41) is 5.55. The van der Waals surface area contributed by atoms with Crippen LogP contribution in [0.15, 0.2) is 18.3 Å². The first kappa shape index (κ1) is 13.0. The SMILES string of the molecule is C#CCNCC(=O)NCc1cccnc1OC. The molecule has 0 bridgehead atoms. The van der Waals surface area contributed by atoms with Crippen molar-refractivity contribution in [3.05, 3.63) is 23.9 Å². The third kappa shape index (κ3) is 4.53. The van der Waals surface area contributed by atoms with Gasteiger partial charge in [0.05, 0.1) is 20.2 Å². The Hall–Kier alpha value is -2.06. The van der Waals surface area contributed by atoms with Crippen molar-refractivity contribution in [2.75, 3.05) is 20.2 Å². The molecule has 1 aromatic rings. The second-order valence-electron chi connectivity index (χ2n) is 3.26. The van der Waals surface area contributed by atoms with E-state index < -0.39 is 0 Å². The quantitative estimate of drug-likeness (QED) is 0.533. The van der Waals surface area contributed by atoms with Gasteiger partial charge in [-0.2, -0.15) is 0 Å². The third-order valence-electron chi connectivity index (χ3n) is 2.03. The minimum atomic E-state index is -0.119. The van der Waals surface area contributed by atoms with E-state index in [0.29, 0.717) is 19.0 Å². The molecule has 1 aromatic heterocycles. The fraction of sp³-hybridized carbons (Fsp3) is 0.333. The summed E-state index contributed by atoms with van der Waals surface area (Å²) in [5.41, 5.74) is 0.834. The van der Waals surface area contributed by atoms with Crippen molar-refractivity contribution in [3.8, 4) is 18.2 Å².